The van der Waals surface area contributed by atoms with Crippen molar-refractivity contribution in [2.45, 2.75) is 44.3 Å². The quantitative estimate of drug-likeness (QED) is 0.318. The lowest BCUT2D eigenvalue weighted by atomic mass is 10.00. The standard InChI is InChI=1S/C30H33N5O5/c1-38-25-17-9-8-16-24(25)35(27(36)19-34-23-15-7-6-14-22(23)32-33-34)28(30(37)31-20-11-4-5-12-20)21-13-10-18-26(39-2)29(21)40-3/h6-10,13-18,20,28H,4-5,11-12,19H2,1-3H3,(H,31,37)/t28-/m1/s1. The molecule has 1 atom stereocenters. The Hall–Kier alpha value is -4.60. The van der Waals surface area contributed by atoms with E-state index in [2.05, 4.69) is 15.6 Å². The number of anilines is 1. The lowest BCUT2D eigenvalue weighted by Gasteiger charge is -2.34. The Morgan fingerprint density at radius 1 is 0.925 bits per heavy atom. The first-order valence-electron chi connectivity index (χ1n) is 13.3. The second-order valence-electron chi connectivity index (χ2n) is 9.65. The minimum Gasteiger partial charge on any atom is -0.495 e. The Morgan fingerprint density at radius 3 is 2.38 bits per heavy atom. The molecule has 1 aliphatic carbocycles. The van der Waals surface area contributed by atoms with Gasteiger partial charge in [0.1, 0.15) is 23.9 Å². The largest absolute Gasteiger partial charge is 0.495 e. The van der Waals surface area contributed by atoms with Crippen LogP contribution in [-0.4, -0.2) is 54.2 Å². The van der Waals surface area contributed by atoms with Crippen molar-refractivity contribution in [3.05, 3.63) is 72.3 Å². The molecule has 1 fully saturated rings. The van der Waals surface area contributed by atoms with Gasteiger partial charge in [-0.15, -0.1) is 5.10 Å². The molecule has 1 saturated carbocycles. The van der Waals surface area contributed by atoms with Gasteiger partial charge in [0.2, 0.25) is 11.8 Å². The number of para-hydroxylation sites is 4. The molecular weight excluding hydrogens is 510 g/mol. The molecule has 0 spiro atoms. The van der Waals surface area contributed by atoms with E-state index in [4.69, 9.17) is 14.2 Å². The maximum Gasteiger partial charge on any atom is 0.249 e. The molecule has 0 unspecified atom stereocenters. The van der Waals surface area contributed by atoms with Gasteiger partial charge in [0, 0.05) is 11.6 Å². The number of fused-ring (bicyclic) bond motifs is 1. The lowest BCUT2D eigenvalue weighted by Crippen LogP contribution is -2.47. The molecule has 4 aromatic rings. The van der Waals surface area contributed by atoms with E-state index in [0.717, 1.165) is 25.7 Å². The summed E-state index contributed by atoms with van der Waals surface area (Å²) >= 11 is 0. The van der Waals surface area contributed by atoms with Crippen LogP contribution in [0.2, 0.25) is 0 Å². The van der Waals surface area contributed by atoms with Crippen molar-refractivity contribution in [2.75, 3.05) is 26.2 Å². The summed E-state index contributed by atoms with van der Waals surface area (Å²) in [6, 6.07) is 18.8. The topological polar surface area (TPSA) is 108 Å². The Kier molecular flexibility index (Phi) is 8.14. The molecule has 0 bridgehead atoms. The van der Waals surface area contributed by atoms with Crippen LogP contribution in [0.4, 0.5) is 5.69 Å². The highest BCUT2D eigenvalue weighted by Crippen LogP contribution is 2.41. The molecule has 10 heteroatoms. The minimum absolute atomic E-state index is 0.0282. The molecule has 208 valence electrons. The van der Waals surface area contributed by atoms with Gasteiger partial charge in [0.05, 0.1) is 32.5 Å². The molecule has 3 aromatic carbocycles. The Balaban J connectivity index is 1.66. The highest BCUT2D eigenvalue weighted by atomic mass is 16.5. The summed E-state index contributed by atoms with van der Waals surface area (Å²) in [7, 11) is 4.59. The van der Waals surface area contributed by atoms with Crippen LogP contribution in [0, 0.1) is 0 Å². The smallest absolute Gasteiger partial charge is 0.249 e. The average Bonchev–Trinajstić information content (AvgIpc) is 3.65. The summed E-state index contributed by atoms with van der Waals surface area (Å²) in [5.74, 6) is 0.571. The van der Waals surface area contributed by atoms with Crippen molar-refractivity contribution < 1.29 is 23.8 Å². The number of methoxy groups -OCH3 is 3. The summed E-state index contributed by atoms with van der Waals surface area (Å²) < 4.78 is 18.5. The highest BCUT2D eigenvalue weighted by Gasteiger charge is 2.38. The second-order valence-corrected chi connectivity index (χ2v) is 9.65. The second kappa shape index (κ2) is 12.1. The van der Waals surface area contributed by atoms with Crippen LogP contribution in [0.5, 0.6) is 17.2 Å². The van der Waals surface area contributed by atoms with E-state index in [-0.39, 0.29) is 24.4 Å². The third-order valence-corrected chi connectivity index (χ3v) is 7.25. The normalized spacial score (nSPS) is 14.1. The van der Waals surface area contributed by atoms with Crippen LogP contribution in [-0.2, 0) is 16.1 Å². The van der Waals surface area contributed by atoms with Crippen molar-refractivity contribution in [1.29, 1.82) is 0 Å². The molecule has 1 heterocycles. The van der Waals surface area contributed by atoms with E-state index in [1.165, 1.54) is 30.9 Å². The molecule has 0 aliphatic heterocycles. The Morgan fingerprint density at radius 2 is 1.62 bits per heavy atom. The molecule has 5 rings (SSSR count). The maximum absolute atomic E-state index is 14.4. The molecule has 0 saturated heterocycles. The van der Waals surface area contributed by atoms with Gasteiger partial charge in [-0.05, 0) is 43.2 Å². The van der Waals surface area contributed by atoms with Crippen LogP contribution in [0.3, 0.4) is 0 Å². The van der Waals surface area contributed by atoms with Crippen molar-refractivity contribution in [3.63, 3.8) is 0 Å². The van der Waals surface area contributed by atoms with E-state index in [1.54, 1.807) is 36.4 Å². The van der Waals surface area contributed by atoms with Crippen molar-refractivity contribution in [3.8, 4) is 17.2 Å². The van der Waals surface area contributed by atoms with Crippen molar-refractivity contribution in [1.82, 2.24) is 20.3 Å². The van der Waals surface area contributed by atoms with Crippen molar-refractivity contribution >= 4 is 28.5 Å². The van der Waals surface area contributed by atoms with E-state index in [1.807, 2.05) is 30.3 Å². The summed E-state index contributed by atoms with van der Waals surface area (Å²) in [4.78, 5) is 30.1. The van der Waals surface area contributed by atoms with E-state index < -0.39 is 6.04 Å². The molecule has 1 aromatic heterocycles. The molecule has 40 heavy (non-hydrogen) atoms. The average molecular weight is 544 g/mol. The third-order valence-electron chi connectivity index (χ3n) is 7.25. The van der Waals surface area contributed by atoms with Gasteiger partial charge in [-0.25, -0.2) is 4.68 Å². The van der Waals surface area contributed by atoms with Gasteiger partial charge >= 0.3 is 0 Å². The number of rotatable bonds is 10. The first kappa shape index (κ1) is 27.0. The summed E-state index contributed by atoms with van der Waals surface area (Å²) in [6.45, 7) is -0.155. The Bertz CT molecular complexity index is 1500. The fraction of sp³-hybridized carbons (Fsp3) is 0.333. The minimum atomic E-state index is -1.09. The number of carbonyl (C=O) groups excluding carboxylic acids is 2. The summed E-state index contributed by atoms with van der Waals surface area (Å²) in [5.41, 5.74) is 2.31. The molecule has 1 aliphatic rings. The first-order chi connectivity index (χ1) is 19.5. The molecule has 2 amide bonds. The predicted molar refractivity (Wildman–Crippen MR) is 151 cm³/mol. The van der Waals surface area contributed by atoms with E-state index >= 15 is 0 Å². The lowest BCUT2D eigenvalue weighted by molar-refractivity contribution is -0.127. The number of carbonyl (C=O) groups is 2. The van der Waals surface area contributed by atoms with Crippen molar-refractivity contribution in [2.24, 2.45) is 0 Å². The van der Waals surface area contributed by atoms with Gasteiger partial charge < -0.3 is 19.5 Å². The number of aromatic nitrogens is 3. The van der Waals surface area contributed by atoms with Crippen LogP contribution in [0.15, 0.2) is 66.7 Å². The predicted octanol–water partition coefficient (Wildman–Crippen LogP) is 4.29. The van der Waals surface area contributed by atoms with Crippen LogP contribution < -0.4 is 24.4 Å². The number of nitrogens with zero attached hydrogens (tertiary/aromatic N) is 4. The number of benzene rings is 3. The molecule has 10 nitrogen and oxygen atoms in total. The van der Waals surface area contributed by atoms with Gasteiger partial charge in [0.25, 0.3) is 0 Å². The zero-order chi connectivity index (χ0) is 28.1. The van der Waals surface area contributed by atoms with E-state index in [0.29, 0.717) is 39.5 Å². The van der Waals surface area contributed by atoms with Gasteiger partial charge in [-0.1, -0.05) is 54.5 Å². The Labute approximate surface area is 232 Å². The van der Waals surface area contributed by atoms with Crippen LogP contribution >= 0.6 is 0 Å². The fourth-order valence-electron chi connectivity index (χ4n) is 5.36. The monoisotopic (exact) mass is 543 g/mol. The number of ether oxygens (including phenoxy) is 3. The fourth-order valence-corrected chi connectivity index (χ4v) is 5.36. The number of amides is 2. The third kappa shape index (κ3) is 5.29. The maximum atomic E-state index is 14.4. The molecule has 1 N–H and O–H groups in total. The molecular formula is C30H33N5O5. The van der Waals surface area contributed by atoms with Gasteiger partial charge in [0.15, 0.2) is 11.5 Å². The first-order valence-corrected chi connectivity index (χ1v) is 13.3. The number of nitrogens with one attached hydrogen (secondary N) is 1. The van der Waals surface area contributed by atoms with E-state index in [9.17, 15) is 9.59 Å². The van der Waals surface area contributed by atoms with Gasteiger partial charge in [-0.2, -0.15) is 0 Å². The highest BCUT2D eigenvalue weighted by molar-refractivity contribution is 6.03. The zero-order valence-electron chi connectivity index (χ0n) is 22.9. The van der Waals surface area contributed by atoms with Crippen LogP contribution in [0.1, 0.15) is 37.3 Å². The number of hydrogen-bond donors (Lipinski definition) is 1. The summed E-state index contributed by atoms with van der Waals surface area (Å²) in [6.07, 6.45) is 3.88. The van der Waals surface area contributed by atoms with Crippen LogP contribution in [0.25, 0.3) is 11.0 Å². The SMILES string of the molecule is COc1ccccc1N(C(=O)Cn1nnc2ccccc21)[C@@H](C(=O)NC1CCCC1)c1cccc(OC)c1OC. The zero-order valence-corrected chi connectivity index (χ0v) is 22.9. The summed E-state index contributed by atoms with van der Waals surface area (Å²) in [5, 5.41) is 11.6. The number of hydrogen-bond acceptors (Lipinski definition) is 7. The molecule has 0 radical (unpaired) electrons. The van der Waals surface area contributed by atoms with Gasteiger partial charge in [-0.3, -0.25) is 14.5 Å².